The maximum Gasteiger partial charge on any atom is 0.358 e. The molecule has 2 heterocycles. The average Bonchev–Trinajstić information content (AvgIpc) is 3.26. The van der Waals surface area contributed by atoms with Crippen LogP contribution in [0.25, 0.3) is 16.9 Å². The molecule has 0 aliphatic heterocycles. The number of carbonyl (C=O) groups is 2. The second kappa shape index (κ2) is 9.62. The van der Waals surface area contributed by atoms with E-state index in [0.717, 1.165) is 0 Å². The molecule has 0 fully saturated rings. The van der Waals surface area contributed by atoms with E-state index in [-0.39, 0.29) is 23.4 Å². The van der Waals surface area contributed by atoms with Gasteiger partial charge < -0.3 is 10.1 Å². The van der Waals surface area contributed by atoms with Crippen LogP contribution in [-0.4, -0.2) is 33.2 Å². The van der Waals surface area contributed by atoms with Gasteiger partial charge in [-0.3, -0.25) is 4.79 Å². The normalized spacial score (nSPS) is 10.6. The summed E-state index contributed by atoms with van der Waals surface area (Å²) in [4.78, 5) is 28.8. The van der Waals surface area contributed by atoms with Crippen molar-refractivity contribution in [1.82, 2.24) is 14.8 Å². The van der Waals surface area contributed by atoms with Gasteiger partial charge in [0, 0.05) is 17.4 Å². The Morgan fingerprint density at radius 1 is 1.09 bits per heavy atom. The molecule has 1 amide bonds. The van der Waals surface area contributed by atoms with Gasteiger partial charge in [0.05, 0.1) is 23.6 Å². The minimum Gasteiger partial charge on any atom is -0.461 e. The molecule has 0 bridgehead atoms. The summed E-state index contributed by atoms with van der Waals surface area (Å²) in [5.74, 6) is -1.39. The minimum absolute atomic E-state index is 0.0813. The van der Waals surface area contributed by atoms with Crippen molar-refractivity contribution in [3.8, 4) is 16.9 Å². The van der Waals surface area contributed by atoms with Crippen LogP contribution in [0, 0.1) is 5.82 Å². The van der Waals surface area contributed by atoms with Gasteiger partial charge in [-0.2, -0.15) is 5.10 Å². The van der Waals surface area contributed by atoms with Crippen LogP contribution in [0.2, 0.25) is 5.15 Å². The highest BCUT2D eigenvalue weighted by Gasteiger charge is 2.18. The molecule has 2 aromatic carbocycles. The molecule has 33 heavy (non-hydrogen) atoms. The van der Waals surface area contributed by atoms with Gasteiger partial charge in [0.1, 0.15) is 11.0 Å². The standard InChI is InChI=1S/C24H18ClFN4O3/c1-2-33-24(32)20-13-21(30(29-20)19-8-4-6-17(26)12-19)15-5-3-7-18(11-15)28-23(31)16-9-10-22(25)27-14-16/h3-14H,2H2,1H3,(H,28,31). The topological polar surface area (TPSA) is 86.1 Å². The molecule has 2 aromatic heterocycles. The predicted octanol–water partition coefficient (Wildman–Crippen LogP) is 5.16. The summed E-state index contributed by atoms with van der Waals surface area (Å²) >= 11 is 5.78. The van der Waals surface area contributed by atoms with Crippen molar-refractivity contribution in [2.75, 3.05) is 11.9 Å². The smallest absolute Gasteiger partial charge is 0.358 e. The van der Waals surface area contributed by atoms with Crippen molar-refractivity contribution < 1.29 is 18.7 Å². The Morgan fingerprint density at radius 3 is 2.64 bits per heavy atom. The van der Waals surface area contributed by atoms with Crippen molar-refractivity contribution in [3.63, 3.8) is 0 Å². The van der Waals surface area contributed by atoms with Crippen LogP contribution in [0.3, 0.4) is 0 Å². The van der Waals surface area contributed by atoms with Gasteiger partial charge in [0.2, 0.25) is 0 Å². The van der Waals surface area contributed by atoms with Gasteiger partial charge in [-0.1, -0.05) is 29.8 Å². The van der Waals surface area contributed by atoms with Gasteiger partial charge in [-0.05, 0) is 55.5 Å². The maximum atomic E-state index is 13.9. The Morgan fingerprint density at radius 2 is 1.91 bits per heavy atom. The number of rotatable bonds is 6. The third-order valence-electron chi connectivity index (χ3n) is 4.65. The number of halogens is 2. The summed E-state index contributed by atoms with van der Waals surface area (Å²) in [6.07, 6.45) is 1.38. The Kier molecular flexibility index (Phi) is 6.46. The van der Waals surface area contributed by atoms with E-state index in [1.165, 1.54) is 29.1 Å². The molecule has 9 heteroatoms. The summed E-state index contributed by atoms with van der Waals surface area (Å²) in [7, 11) is 0. The van der Waals surface area contributed by atoms with Crippen molar-refractivity contribution in [3.05, 3.63) is 95.2 Å². The molecule has 0 atom stereocenters. The van der Waals surface area contributed by atoms with Crippen LogP contribution in [0.5, 0.6) is 0 Å². The zero-order valence-corrected chi connectivity index (χ0v) is 18.2. The number of ether oxygens (including phenoxy) is 1. The molecule has 0 aliphatic rings. The summed E-state index contributed by atoms with van der Waals surface area (Å²) in [5, 5.41) is 7.42. The van der Waals surface area contributed by atoms with Crippen LogP contribution in [0.15, 0.2) is 72.9 Å². The lowest BCUT2D eigenvalue weighted by Crippen LogP contribution is -2.12. The second-order valence-electron chi connectivity index (χ2n) is 6.93. The molecule has 0 unspecified atom stereocenters. The Balaban J connectivity index is 1.71. The SMILES string of the molecule is CCOC(=O)c1cc(-c2cccc(NC(=O)c3ccc(Cl)nc3)c2)n(-c2cccc(F)c2)n1. The second-order valence-corrected chi connectivity index (χ2v) is 7.32. The van der Waals surface area contributed by atoms with Crippen molar-refractivity contribution >= 4 is 29.2 Å². The van der Waals surface area contributed by atoms with Crippen molar-refractivity contribution in [2.24, 2.45) is 0 Å². The largest absolute Gasteiger partial charge is 0.461 e. The van der Waals surface area contributed by atoms with E-state index < -0.39 is 11.8 Å². The predicted molar refractivity (Wildman–Crippen MR) is 122 cm³/mol. The first-order chi connectivity index (χ1) is 15.9. The van der Waals surface area contributed by atoms with E-state index in [1.807, 2.05) is 0 Å². The summed E-state index contributed by atoms with van der Waals surface area (Å²) in [5.41, 5.74) is 2.54. The monoisotopic (exact) mass is 464 g/mol. The van der Waals surface area contributed by atoms with E-state index in [4.69, 9.17) is 16.3 Å². The number of esters is 1. The zero-order valence-electron chi connectivity index (χ0n) is 17.5. The van der Waals surface area contributed by atoms with Gasteiger partial charge >= 0.3 is 5.97 Å². The van der Waals surface area contributed by atoms with Gasteiger partial charge in [-0.25, -0.2) is 18.9 Å². The first kappa shape index (κ1) is 22.2. The highest BCUT2D eigenvalue weighted by Crippen LogP contribution is 2.27. The van der Waals surface area contributed by atoms with Crippen LogP contribution in [0.1, 0.15) is 27.8 Å². The number of hydrogen-bond acceptors (Lipinski definition) is 5. The van der Waals surface area contributed by atoms with Crippen LogP contribution in [0.4, 0.5) is 10.1 Å². The quantitative estimate of drug-likeness (QED) is 0.315. The number of anilines is 1. The lowest BCUT2D eigenvalue weighted by atomic mass is 10.1. The van der Waals surface area contributed by atoms with Crippen LogP contribution >= 0.6 is 11.6 Å². The van der Waals surface area contributed by atoms with Crippen LogP contribution in [-0.2, 0) is 4.74 Å². The molecule has 0 aliphatic carbocycles. The summed E-state index contributed by atoms with van der Waals surface area (Å²) < 4.78 is 20.4. The first-order valence-electron chi connectivity index (χ1n) is 10.0. The molecule has 166 valence electrons. The molecule has 4 aromatic rings. The molecular weight excluding hydrogens is 447 g/mol. The molecule has 0 radical (unpaired) electrons. The number of amides is 1. The number of benzene rings is 2. The third kappa shape index (κ3) is 5.07. The number of hydrogen-bond donors (Lipinski definition) is 1. The number of pyridine rings is 1. The van der Waals surface area contributed by atoms with Crippen molar-refractivity contribution in [2.45, 2.75) is 6.92 Å². The lowest BCUT2D eigenvalue weighted by molar-refractivity contribution is 0.0519. The Bertz CT molecular complexity index is 1320. The molecule has 0 saturated carbocycles. The summed E-state index contributed by atoms with van der Waals surface area (Å²) in [6.45, 7) is 1.90. The van der Waals surface area contributed by atoms with Crippen molar-refractivity contribution in [1.29, 1.82) is 0 Å². The molecule has 7 nitrogen and oxygen atoms in total. The van der Waals surface area contributed by atoms with E-state index in [1.54, 1.807) is 55.5 Å². The molecule has 0 spiro atoms. The van der Waals surface area contributed by atoms with E-state index in [0.29, 0.717) is 28.2 Å². The molecule has 4 rings (SSSR count). The van der Waals surface area contributed by atoms with Gasteiger partial charge in [0.25, 0.3) is 5.91 Å². The Hall–Kier alpha value is -4.04. The number of aromatic nitrogens is 3. The van der Waals surface area contributed by atoms with E-state index in [2.05, 4.69) is 15.4 Å². The fourth-order valence-corrected chi connectivity index (χ4v) is 3.28. The average molecular weight is 465 g/mol. The fourth-order valence-electron chi connectivity index (χ4n) is 3.17. The maximum absolute atomic E-state index is 13.9. The number of nitrogens with zero attached hydrogens (tertiary/aromatic N) is 3. The number of carbonyl (C=O) groups excluding carboxylic acids is 2. The Labute approximate surface area is 193 Å². The minimum atomic E-state index is -0.589. The third-order valence-corrected chi connectivity index (χ3v) is 4.88. The molecule has 0 saturated heterocycles. The lowest BCUT2D eigenvalue weighted by Gasteiger charge is -2.10. The van der Waals surface area contributed by atoms with E-state index in [9.17, 15) is 14.0 Å². The van der Waals surface area contributed by atoms with Crippen LogP contribution < -0.4 is 5.32 Å². The van der Waals surface area contributed by atoms with Gasteiger partial charge in [-0.15, -0.1) is 0 Å². The van der Waals surface area contributed by atoms with E-state index >= 15 is 0 Å². The number of nitrogens with one attached hydrogen (secondary N) is 1. The summed E-state index contributed by atoms with van der Waals surface area (Å²) in [6, 6.07) is 17.5. The first-order valence-corrected chi connectivity index (χ1v) is 10.4. The molecular formula is C24H18ClFN4O3. The highest BCUT2D eigenvalue weighted by molar-refractivity contribution is 6.29. The fraction of sp³-hybridized carbons (Fsp3) is 0.0833. The molecule has 1 N–H and O–H groups in total. The zero-order chi connectivity index (χ0) is 23.4. The highest BCUT2D eigenvalue weighted by atomic mass is 35.5. The van der Waals surface area contributed by atoms with Gasteiger partial charge in [0.15, 0.2) is 5.69 Å².